The van der Waals surface area contributed by atoms with Gasteiger partial charge in [0.2, 0.25) is 0 Å². The van der Waals surface area contributed by atoms with Crippen molar-refractivity contribution in [2.75, 3.05) is 4.90 Å². The number of aromatic nitrogens is 1. The highest BCUT2D eigenvalue weighted by Gasteiger charge is 2.48. The monoisotopic (exact) mass is 406 g/mol. The number of phenols is 1. The van der Waals surface area contributed by atoms with Gasteiger partial charge in [-0.3, -0.25) is 19.5 Å². The number of aliphatic hydroxyl groups excluding tert-OH is 1. The number of nitrogens with zero attached hydrogens (tertiary/aromatic N) is 2. The molecule has 3 aromatic rings. The fourth-order valence-electron chi connectivity index (χ4n) is 3.33. The molecule has 6 nitrogen and oxygen atoms in total. The molecule has 29 heavy (non-hydrogen) atoms. The molecule has 1 aliphatic heterocycles. The van der Waals surface area contributed by atoms with Crippen LogP contribution in [-0.2, 0) is 9.59 Å². The Kier molecular flexibility index (Phi) is 4.78. The molecule has 1 saturated heterocycles. The Bertz CT molecular complexity index is 1130. The van der Waals surface area contributed by atoms with Crippen LogP contribution < -0.4 is 4.90 Å². The number of benzene rings is 2. The SMILES string of the molecule is O=C1C(=O)N(c2ccccc2O)C(c2ccccn2)/C1=C(/O)c1ccc(Cl)cc1. The third-order valence-corrected chi connectivity index (χ3v) is 4.92. The molecular formula is C22H15ClN2O4. The molecule has 2 heterocycles. The second kappa shape index (κ2) is 7.41. The molecule has 7 heteroatoms. The molecule has 0 spiro atoms. The predicted molar refractivity (Wildman–Crippen MR) is 109 cm³/mol. The molecule has 0 aliphatic carbocycles. The summed E-state index contributed by atoms with van der Waals surface area (Å²) in [4.78, 5) is 31.3. The zero-order chi connectivity index (χ0) is 20.5. The minimum absolute atomic E-state index is 0.112. The van der Waals surface area contributed by atoms with Crippen LogP contribution in [0, 0.1) is 0 Å². The number of Topliss-reactive ketones (excluding diaryl/α,β-unsaturated/α-hetero) is 1. The number of phenolic OH excluding ortho intramolecular Hbond substituents is 1. The van der Waals surface area contributed by atoms with Crippen molar-refractivity contribution in [1.82, 2.24) is 4.98 Å². The minimum atomic E-state index is -1.000. The Hall–Kier alpha value is -3.64. The first-order chi connectivity index (χ1) is 14.0. The average molecular weight is 407 g/mol. The number of pyridine rings is 1. The Morgan fingerprint density at radius 3 is 2.31 bits per heavy atom. The molecule has 2 aromatic carbocycles. The largest absolute Gasteiger partial charge is 0.507 e. The van der Waals surface area contributed by atoms with Crippen LogP contribution in [0.3, 0.4) is 0 Å². The summed E-state index contributed by atoms with van der Waals surface area (Å²) >= 11 is 5.91. The molecule has 0 bridgehead atoms. The van der Waals surface area contributed by atoms with E-state index in [-0.39, 0.29) is 22.8 Å². The lowest BCUT2D eigenvalue weighted by molar-refractivity contribution is -0.132. The van der Waals surface area contributed by atoms with E-state index in [1.54, 1.807) is 54.6 Å². The highest BCUT2D eigenvalue weighted by molar-refractivity contribution is 6.51. The third-order valence-electron chi connectivity index (χ3n) is 4.67. The van der Waals surface area contributed by atoms with E-state index >= 15 is 0 Å². The highest BCUT2D eigenvalue weighted by atomic mass is 35.5. The Morgan fingerprint density at radius 1 is 0.966 bits per heavy atom. The molecule has 0 radical (unpaired) electrons. The maximum absolute atomic E-state index is 12.9. The second-order valence-electron chi connectivity index (χ2n) is 6.42. The fraction of sp³-hybridized carbons (Fsp3) is 0.0455. The first kappa shape index (κ1) is 18.7. The number of halogens is 1. The molecule has 4 rings (SSSR count). The van der Waals surface area contributed by atoms with E-state index in [2.05, 4.69) is 4.98 Å². The Balaban J connectivity index is 1.96. The number of amides is 1. The molecule has 1 fully saturated rings. The number of hydrogen-bond acceptors (Lipinski definition) is 5. The van der Waals surface area contributed by atoms with Gasteiger partial charge in [-0.25, -0.2) is 0 Å². The summed E-state index contributed by atoms with van der Waals surface area (Å²) in [5, 5.41) is 21.7. The zero-order valence-corrected chi connectivity index (χ0v) is 15.7. The lowest BCUT2D eigenvalue weighted by atomic mass is 9.98. The number of ketones is 1. The van der Waals surface area contributed by atoms with Crippen LogP contribution in [0.15, 0.2) is 78.5 Å². The van der Waals surface area contributed by atoms with E-state index in [0.717, 1.165) is 4.90 Å². The summed E-state index contributed by atoms with van der Waals surface area (Å²) in [6, 6.07) is 16.5. The van der Waals surface area contributed by atoms with Gasteiger partial charge in [-0.1, -0.05) is 29.8 Å². The molecular weight excluding hydrogens is 392 g/mol. The van der Waals surface area contributed by atoms with Crippen molar-refractivity contribution in [3.05, 3.63) is 94.8 Å². The Morgan fingerprint density at radius 2 is 1.66 bits per heavy atom. The summed E-state index contributed by atoms with van der Waals surface area (Å²) in [5.41, 5.74) is 0.760. The van der Waals surface area contributed by atoms with E-state index in [1.165, 1.54) is 18.3 Å². The van der Waals surface area contributed by atoms with Crippen LogP contribution in [0.1, 0.15) is 17.3 Å². The van der Waals surface area contributed by atoms with E-state index in [0.29, 0.717) is 16.3 Å². The van der Waals surface area contributed by atoms with Gasteiger partial charge in [-0.15, -0.1) is 0 Å². The van der Waals surface area contributed by atoms with Crippen molar-refractivity contribution in [2.24, 2.45) is 0 Å². The average Bonchev–Trinajstić information content (AvgIpc) is 3.00. The molecule has 1 unspecified atom stereocenters. The maximum atomic E-state index is 12.9. The van der Waals surface area contributed by atoms with Crippen molar-refractivity contribution in [2.45, 2.75) is 6.04 Å². The summed E-state index contributed by atoms with van der Waals surface area (Å²) in [7, 11) is 0. The lowest BCUT2D eigenvalue weighted by Crippen LogP contribution is -2.29. The smallest absolute Gasteiger partial charge is 0.300 e. The number of rotatable bonds is 3. The van der Waals surface area contributed by atoms with Gasteiger partial charge in [0, 0.05) is 16.8 Å². The van der Waals surface area contributed by atoms with Crippen molar-refractivity contribution < 1.29 is 19.8 Å². The molecule has 1 amide bonds. The summed E-state index contributed by atoms with van der Waals surface area (Å²) in [6.45, 7) is 0. The molecule has 2 N–H and O–H groups in total. The van der Waals surface area contributed by atoms with Crippen LogP contribution in [0.2, 0.25) is 5.02 Å². The molecule has 1 aromatic heterocycles. The first-order valence-corrected chi connectivity index (χ1v) is 9.12. The van der Waals surface area contributed by atoms with E-state index < -0.39 is 17.7 Å². The molecule has 0 saturated carbocycles. The van der Waals surface area contributed by atoms with Gasteiger partial charge < -0.3 is 10.2 Å². The standard InChI is InChI=1S/C22H15ClN2O4/c23-14-10-8-13(9-11-14)20(27)18-19(15-5-3-4-12-24-15)25(22(29)21(18)28)16-6-1-2-7-17(16)26/h1-12,19,26-27H/b20-18-. The van der Waals surface area contributed by atoms with Crippen molar-refractivity contribution in [1.29, 1.82) is 0 Å². The number of carbonyl (C=O) groups is 2. The van der Waals surface area contributed by atoms with Gasteiger partial charge >= 0.3 is 0 Å². The van der Waals surface area contributed by atoms with Crippen molar-refractivity contribution in [3.8, 4) is 5.75 Å². The molecule has 144 valence electrons. The van der Waals surface area contributed by atoms with Crippen LogP contribution in [0.4, 0.5) is 5.69 Å². The molecule has 1 aliphatic rings. The van der Waals surface area contributed by atoms with Crippen LogP contribution in [0.25, 0.3) is 5.76 Å². The van der Waals surface area contributed by atoms with Crippen molar-refractivity contribution >= 4 is 34.7 Å². The summed E-state index contributed by atoms with van der Waals surface area (Å²) in [5.74, 6) is -2.23. The predicted octanol–water partition coefficient (Wildman–Crippen LogP) is 4.07. The quantitative estimate of drug-likeness (QED) is 0.389. The number of hydrogen-bond donors (Lipinski definition) is 2. The Labute approximate surface area is 171 Å². The maximum Gasteiger partial charge on any atom is 0.300 e. The first-order valence-electron chi connectivity index (χ1n) is 8.75. The summed E-state index contributed by atoms with van der Waals surface area (Å²) in [6.07, 6.45) is 1.53. The van der Waals surface area contributed by atoms with Gasteiger partial charge in [-0.05, 0) is 48.5 Å². The highest BCUT2D eigenvalue weighted by Crippen LogP contribution is 2.43. The van der Waals surface area contributed by atoms with Gasteiger partial charge in [-0.2, -0.15) is 0 Å². The second-order valence-corrected chi connectivity index (χ2v) is 6.86. The number of aromatic hydroxyl groups is 1. The third kappa shape index (κ3) is 3.23. The zero-order valence-electron chi connectivity index (χ0n) is 15.0. The summed E-state index contributed by atoms with van der Waals surface area (Å²) < 4.78 is 0. The van der Waals surface area contributed by atoms with E-state index in [1.807, 2.05) is 0 Å². The molecule has 1 atom stereocenters. The van der Waals surface area contributed by atoms with Gasteiger partial charge in [0.05, 0.1) is 17.0 Å². The van der Waals surface area contributed by atoms with E-state index in [4.69, 9.17) is 11.6 Å². The lowest BCUT2D eigenvalue weighted by Gasteiger charge is -2.25. The van der Waals surface area contributed by atoms with E-state index in [9.17, 15) is 19.8 Å². The number of carbonyl (C=O) groups excluding carboxylic acids is 2. The van der Waals surface area contributed by atoms with Crippen LogP contribution in [0.5, 0.6) is 5.75 Å². The van der Waals surface area contributed by atoms with Gasteiger partial charge in [0.15, 0.2) is 0 Å². The van der Waals surface area contributed by atoms with Crippen LogP contribution in [-0.4, -0.2) is 26.9 Å². The normalized spacial score (nSPS) is 18.2. The topological polar surface area (TPSA) is 90.7 Å². The number of aliphatic hydroxyl groups is 1. The fourth-order valence-corrected chi connectivity index (χ4v) is 3.46. The van der Waals surface area contributed by atoms with Crippen LogP contribution >= 0.6 is 11.6 Å². The van der Waals surface area contributed by atoms with Gasteiger partial charge in [0.25, 0.3) is 11.7 Å². The minimum Gasteiger partial charge on any atom is -0.507 e. The number of anilines is 1. The van der Waals surface area contributed by atoms with Gasteiger partial charge in [0.1, 0.15) is 17.6 Å². The number of para-hydroxylation sites is 2. The van der Waals surface area contributed by atoms with Crippen molar-refractivity contribution in [3.63, 3.8) is 0 Å².